The fraction of sp³-hybridized carbons (Fsp3) is 0.769. The van der Waals surface area contributed by atoms with E-state index >= 15 is 0 Å². The zero-order valence-corrected chi connectivity index (χ0v) is 14.4. The van der Waals surface area contributed by atoms with Gasteiger partial charge in [0.25, 0.3) is 5.91 Å². The number of alkyl halides is 1. The number of aryl methyl sites for hydroxylation is 1. The molecule has 1 heterocycles. The maximum Gasteiger partial charge on any atom is 0.265 e. The predicted molar refractivity (Wildman–Crippen MR) is 83.0 cm³/mol. The molecule has 0 spiro atoms. The molecule has 19 heavy (non-hydrogen) atoms. The molecule has 0 saturated heterocycles. The third kappa shape index (κ3) is 4.84. The number of hydrogen-bond acceptors (Lipinski definition) is 4. The highest BCUT2D eigenvalue weighted by atomic mass is 79.9. The number of carbonyl (C=O) groups excluding carboxylic acids is 1. The van der Waals surface area contributed by atoms with E-state index in [2.05, 4.69) is 58.5 Å². The molecule has 0 aliphatic rings. The van der Waals surface area contributed by atoms with Crippen LogP contribution in [0.1, 0.15) is 55.9 Å². The summed E-state index contributed by atoms with van der Waals surface area (Å²) in [6.07, 6.45) is 2.68. The van der Waals surface area contributed by atoms with Crippen LogP contribution >= 0.6 is 27.5 Å². The summed E-state index contributed by atoms with van der Waals surface area (Å²) in [4.78, 5) is 13.0. The van der Waals surface area contributed by atoms with Crippen LogP contribution in [0.5, 0.6) is 0 Å². The molecule has 0 aliphatic heterocycles. The summed E-state index contributed by atoms with van der Waals surface area (Å²) < 4.78 is 3.90. The van der Waals surface area contributed by atoms with E-state index < -0.39 is 0 Å². The lowest BCUT2D eigenvalue weighted by molar-refractivity contribution is 0.0904. The fourth-order valence-electron chi connectivity index (χ4n) is 1.84. The monoisotopic (exact) mass is 347 g/mol. The van der Waals surface area contributed by atoms with Gasteiger partial charge in [0.1, 0.15) is 4.88 Å². The maximum absolute atomic E-state index is 12.3. The van der Waals surface area contributed by atoms with Gasteiger partial charge in [0.15, 0.2) is 0 Å². The van der Waals surface area contributed by atoms with Gasteiger partial charge in [0.05, 0.1) is 5.69 Å². The second-order valence-corrected chi connectivity index (χ2v) is 7.22. The number of rotatable bonds is 6. The molecule has 1 aromatic rings. The first kappa shape index (κ1) is 16.6. The molecule has 1 aromatic heterocycles. The van der Waals surface area contributed by atoms with Gasteiger partial charge < -0.3 is 5.32 Å². The average Bonchev–Trinajstić information content (AvgIpc) is 2.76. The van der Waals surface area contributed by atoms with Crippen molar-refractivity contribution in [3.63, 3.8) is 0 Å². The summed E-state index contributed by atoms with van der Waals surface area (Å²) in [7, 11) is 0. The van der Waals surface area contributed by atoms with E-state index in [-0.39, 0.29) is 17.4 Å². The zero-order valence-electron chi connectivity index (χ0n) is 12.0. The van der Waals surface area contributed by atoms with Gasteiger partial charge in [-0.05, 0) is 29.8 Å². The number of nitrogens with zero attached hydrogens (tertiary/aromatic N) is 2. The van der Waals surface area contributed by atoms with Crippen molar-refractivity contribution in [2.45, 2.75) is 53.0 Å². The largest absolute Gasteiger partial charge is 0.348 e. The summed E-state index contributed by atoms with van der Waals surface area (Å²) >= 11 is 4.63. The summed E-state index contributed by atoms with van der Waals surface area (Å²) in [5.74, 6) is -0.0423. The molecular weight excluding hydrogens is 326 g/mol. The minimum Gasteiger partial charge on any atom is -0.348 e. The molecule has 6 heteroatoms. The zero-order chi connectivity index (χ0) is 14.5. The Labute approximate surface area is 127 Å². The average molecular weight is 348 g/mol. The third-order valence-corrected chi connectivity index (χ3v) is 4.22. The molecule has 1 N–H and O–H groups in total. The molecule has 0 radical (unpaired) electrons. The molecule has 0 bridgehead atoms. The second-order valence-electron chi connectivity index (χ2n) is 5.67. The van der Waals surface area contributed by atoms with Gasteiger partial charge in [-0.2, -0.15) is 0 Å². The van der Waals surface area contributed by atoms with Crippen molar-refractivity contribution in [1.29, 1.82) is 0 Å². The molecule has 108 valence electrons. The van der Waals surface area contributed by atoms with Crippen molar-refractivity contribution in [2.24, 2.45) is 5.41 Å². The Morgan fingerprint density at radius 2 is 2.16 bits per heavy atom. The van der Waals surface area contributed by atoms with Crippen LogP contribution in [0, 0.1) is 5.41 Å². The van der Waals surface area contributed by atoms with E-state index in [4.69, 9.17) is 0 Å². The minimum absolute atomic E-state index is 0.0342. The van der Waals surface area contributed by atoms with Crippen molar-refractivity contribution < 1.29 is 4.79 Å². The van der Waals surface area contributed by atoms with Crippen molar-refractivity contribution in [2.75, 3.05) is 5.33 Å². The highest BCUT2D eigenvalue weighted by molar-refractivity contribution is 9.09. The molecule has 1 rings (SSSR count). The lowest BCUT2D eigenvalue weighted by atomic mass is 9.85. The molecule has 4 nitrogen and oxygen atoms in total. The summed E-state index contributed by atoms with van der Waals surface area (Å²) in [6.45, 7) is 8.49. The lowest BCUT2D eigenvalue weighted by Gasteiger charge is -2.31. The molecule has 0 saturated carbocycles. The molecular formula is C13H22BrN3OS. The van der Waals surface area contributed by atoms with Gasteiger partial charge in [0.2, 0.25) is 0 Å². The Morgan fingerprint density at radius 3 is 2.68 bits per heavy atom. The first-order valence-corrected chi connectivity index (χ1v) is 8.47. The minimum atomic E-state index is -0.0423. The molecule has 0 aromatic carbocycles. The summed E-state index contributed by atoms with van der Waals surface area (Å²) in [5, 5.41) is 8.03. The number of halogens is 1. The number of amides is 1. The van der Waals surface area contributed by atoms with E-state index in [9.17, 15) is 4.79 Å². The van der Waals surface area contributed by atoms with E-state index in [0.29, 0.717) is 4.88 Å². The van der Waals surface area contributed by atoms with Gasteiger partial charge in [-0.3, -0.25) is 4.79 Å². The van der Waals surface area contributed by atoms with Crippen LogP contribution in [0.3, 0.4) is 0 Å². The predicted octanol–water partition coefficient (Wildman–Crippen LogP) is 3.42. The molecule has 1 atom stereocenters. The van der Waals surface area contributed by atoms with Crippen LogP contribution in [0.25, 0.3) is 0 Å². The van der Waals surface area contributed by atoms with Crippen LogP contribution in [0.15, 0.2) is 0 Å². The topological polar surface area (TPSA) is 54.9 Å². The lowest BCUT2D eigenvalue weighted by Crippen LogP contribution is -2.44. The molecule has 1 unspecified atom stereocenters. The van der Waals surface area contributed by atoms with Crippen molar-refractivity contribution in [3.05, 3.63) is 10.6 Å². The van der Waals surface area contributed by atoms with E-state index in [0.717, 1.165) is 30.3 Å². The van der Waals surface area contributed by atoms with E-state index in [1.54, 1.807) is 0 Å². The van der Waals surface area contributed by atoms with Crippen LogP contribution in [-0.2, 0) is 6.42 Å². The molecule has 1 amide bonds. The number of aromatic nitrogens is 2. The Hall–Kier alpha value is -0.490. The number of carbonyl (C=O) groups is 1. The van der Waals surface area contributed by atoms with Gasteiger partial charge in [0, 0.05) is 11.4 Å². The van der Waals surface area contributed by atoms with Crippen LogP contribution in [-0.4, -0.2) is 26.9 Å². The van der Waals surface area contributed by atoms with E-state index in [1.165, 1.54) is 11.5 Å². The first-order valence-electron chi connectivity index (χ1n) is 6.58. The third-order valence-electron chi connectivity index (χ3n) is 3.00. The molecule has 0 fully saturated rings. The number of nitrogens with one attached hydrogen (secondary N) is 1. The quantitative estimate of drug-likeness (QED) is 0.802. The Bertz CT molecular complexity index is 414. The Morgan fingerprint density at radius 1 is 1.47 bits per heavy atom. The van der Waals surface area contributed by atoms with Crippen molar-refractivity contribution in [3.8, 4) is 0 Å². The maximum atomic E-state index is 12.3. The second kappa shape index (κ2) is 7.33. The first-order chi connectivity index (χ1) is 8.90. The molecule has 0 aliphatic carbocycles. The van der Waals surface area contributed by atoms with Crippen molar-refractivity contribution >= 4 is 33.4 Å². The SMILES string of the molecule is CCCc1nnsc1C(=O)NC(CCBr)C(C)(C)C. The summed E-state index contributed by atoms with van der Waals surface area (Å²) in [6, 6.07) is 0.135. The van der Waals surface area contributed by atoms with Gasteiger partial charge in [-0.1, -0.05) is 54.5 Å². The van der Waals surface area contributed by atoms with Gasteiger partial charge in [-0.15, -0.1) is 5.10 Å². The highest BCUT2D eigenvalue weighted by Crippen LogP contribution is 2.23. The Balaban J connectivity index is 2.79. The normalized spacial score (nSPS) is 13.3. The standard InChI is InChI=1S/C13H22BrN3OS/c1-5-6-9-11(19-17-16-9)12(18)15-10(7-8-14)13(2,3)4/h10H,5-8H2,1-4H3,(H,15,18). The van der Waals surface area contributed by atoms with Crippen LogP contribution < -0.4 is 5.32 Å². The van der Waals surface area contributed by atoms with Gasteiger partial charge in [-0.25, -0.2) is 0 Å². The van der Waals surface area contributed by atoms with Crippen LogP contribution in [0.4, 0.5) is 0 Å². The van der Waals surface area contributed by atoms with E-state index in [1.807, 2.05) is 0 Å². The highest BCUT2D eigenvalue weighted by Gasteiger charge is 2.27. The Kier molecular flexibility index (Phi) is 6.39. The van der Waals surface area contributed by atoms with Crippen molar-refractivity contribution in [1.82, 2.24) is 14.9 Å². The number of hydrogen-bond donors (Lipinski definition) is 1. The summed E-state index contributed by atoms with van der Waals surface area (Å²) in [5.41, 5.74) is 0.850. The fourth-order valence-corrected chi connectivity index (χ4v) is 2.91. The van der Waals surface area contributed by atoms with Gasteiger partial charge >= 0.3 is 0 Å². The van der Waals surface area contributed by atoms with Crippen LogP contribution in [0.2, 0.25) is 0 Å². The smallest absolute Gasteiger partial charge is 0.265 e.